The highest BCUT2D eigenvalue weighted by molar-refractivity contribution is 14.1. The van der Waals surface area contributed by atoms with E-state index >= 15 is 0 Å². The van der Waals surface area contributed by atoms with Gasteiger partial charge in [0.25, 0.3) is 0 Å². The Balaban J connectivity index is 1.30. The van der Waals surface area contributed by atoms with Crippen LogP contribution in [-0.4, -0.2) is 12.6 Å². The number of aldehydes is 2. The van der Waals surface area contributed by atoms with E-state index in [1.54, 1.807) is 24.3 Å². The van der Waals surface area contributed by atoms with Crippen LogP contribution in [-0.2, 0) is 0 Å². The second-order valence-electron chi connectivity index (χ2n) is 10.4. The summed E-state index contributed by atoms with van der Waals surface area (Å²) in [5, 5.41) is 0. The molecule has 0 aliphatic rings. The van der Waals surface area contributed by atoms with Gasteiger partial charge in [-0.15, -0.1) is 0 Å². The number of carbonyl (C=O) groups is 2. The third-order valence-corrected chi connectivity index (χ3v) is 8.06. The van der Waals surface area contributed by atoms with Crippen LogP contribution in [0, 0.1) is 27.3 Å². The molecule has 0 aromatic heterocycles. The van der Waals surface area contributed by atoms with Gasteiger partial charge in [-0.1, -0.05) is 84.3 Å². The average molecular weight is 689 g/mol. The molecule has 212 valence electrons. The van der Waals surface area contributed by atoms with Crippen molar-refractivity contribution in [1.29, 1.82) is 0 Å². The van der Waals surface area contributed by atoms with Gasteiger partial charge >= 0.3 is 0 Å². The van der Waals surface area contributed by atoms with Crippen molar-refractivity contribution in [2.75, 3.05) is 0 Å². The van der Waals surface area contributed by atoms with E-state index in [0.29, 0.717) is 11.1 Å². The summed E-state index contributed by atoms with van der Waals surface area (Å²) in [5.41, 5.74) is 11.6. The summed E-state index contributed by atoms with van der Waals surface area (Å²) in [5.74, 6) is 12.8. The summed E-state index contributed by atoms with van der Waals surface area (Å²) in [7, 11) is 0. The number of carbonyl (C=O) groups excluding carboxylic acids is 2. The molecular weight excluding hydrogens is 663 g/mol. The van der Waals surface area contributed by atoms with Crippen LogP contribution in [0.1, 0.15) is 43.0 Å². The molecule has 0 N–H and O–H groups in total. The van der Waals surface area contributed by atoms with Gasteiger partial charge < -0.3 is 0 Å². The number of hydrogen-bond donors (Lipinski definition) is 0. The van der Waals surface area contributed by atoms with Crippen LogP contribution in [0.2, 0.25) is 0 Å². The summed E-state index contributed by atoms with van der Waals surface area (Å²) < 4.78 is 1.19. The SMILES string of the molecule is O=Cc1ccc(C#Cc2ccc(-c3cc(-c4ccc(I)cc4)cc(-c4ccc(C#Cc5ccc(C=O)cc5)cc4)c3)cc2)cc1. The Labute approximate surface area is 276 Å². The summed E-state index contributed by atoms with van der Waals surface area (Å²) >= 11 is 2.33. The highest BCUT2D eigenvalue weighted by Crippen LogP contribution is 2.33. The van der Waals surface area contributed by atoms with Crippen LogP contribution in [0.4, 0.5) is 0 Å². The highest BCUT2D eigenvalue weighted by Gasteiger charge is 2.08. The molecule has 6 aromatic carbocycles. The maximum Gasteiger partial charge on any atom is 0.150 e. The van der Waals surface area contributed by atoms with Crippen LogP contribution in [0.25, 0.3) is 33.4 Å². The minimum absolute atomic E-state index is 0.639. The van der Waals surface area contributed by atoms with Crippen molar-refractivity contribution in [1.82, 2.24) is 0 Å². The zero-order chi connectivity index (χ0) is 31.0. The topological polar surface area (TPSA) is 34.1 Å². The van der Waals surface area contributed by atoms with Gasteiger partial charge in [0, 0.05) is 37.0 Å². The van der Waals surface area contributed by atoms with Gasteiger partial charge in [-0.3, -0.25) is 9.59 Å². The fraction of sp³-hybridized carbons (Fsp3) is 0. The van der Waals surface area contributed by atoms with Crippen molar-refractivity contribution in [3.8, 4) is 57.1 Å². The second kappa shape index (κ2) is 13.9. The minimum Gasteiger partial charge on any atom is -0.298 e. The molecule has 0 saturated carbocycles. The Bertz CT molecular complexity index is 1970. The normalized spacial score (nSPS) is 10.2. The largest absolute Gasteiger partial charge is 0.298 e. The maximum atomic E-state index is 10.9. The van der Waals surface area contributed by atoms with Crippen molar-refractivity contribution >= 4 is 35.2 Å². The highest BCUT2D eigenvalue weighted by atomic mass is 127. The number of benzene rings is 6. The molecule has 0 fully saturated rings. The maximum absolute atomic E-state index is 10.9. The molecule has 0 radical (unpaired) electrons. The van der Waals surface area contributed by atoms with Crippen LogP contribution >= 0.6 is 22.6 Å². The zero-order valence-electron chi connectivity index (χ0n) is 24.1. The molecule has 0 saturated heterocycles. The molecule has 6 rings (SSSR count). The van der Waals surface area contributed by atoms with Gasteiger partial charge in [0.05, 0.1) is 0 Å². The smallest absolute Gasteiger partial charge is 0.150 e. The number of hydrogen-bond acceptors (Lipinski definition) is 2. The summed E-state index contributed by atoms with van der Waals surface area (Å²) in [6.45, 7) is 0. The van der Waals surface area contributed by atoms with Gasteiger partial charge in [-0.2, -0.15) is 0 Å². The lowest BCUT2D eigenvalue weighted by Gasteiger charge is -2.12. The first-order chi connectivity index (χ1) is 22.1. The number of halogens is 1. The Morgan fingerprint density at radius 2 is 0.622 bits per heavy atom. The van der Waals surface area contributed by atoms with Gasteiger partial charge in [0.2, 0.25) is 0 Å². The fourth-order valence-electron chi connectivity index (χ4n) is 4.84. The lowest BCUT2D eigenvalue weighted by molar-refractivity contribution is 0.111. The Hall–Kier alpha value is -5.49. The van der Waals surface area contributed by atoms with Crippen molar-refractivity contribution in [2.45, 2.75) is 0 Å². The molecule has 0 atom stereocenters. The van der Waals surface area contributed by atoms with Gasteiger partial charge in [-0.25, -0.2) is 0 Å². The van der Waals surface area contributed by atoms with E-state index in [1.807, 2.05) is 48.5 Å². The summed E-state index contributed by atoms with van der Waals surface area (Å²) in [6, 6.07) is 46.4. The first-order valence-electron chi connectivity index (χ1n) is 14.3. The van der Waals surface area contributed by atoms with Crippen LogP contribution in [0.15, 0.2) is 140 Å². The van der Waals surface area contributed by atoms with Crippen molar-refractivity contribution in [2.24, 2.45) is 0 Å². The lowest BCUT2D eigenvalue weighted by atomic mass is 9.93. The van der Waals surface area contributed by atoms with Gasteiger partial charge in [0.15, 0.2) is 0 Å². The first-order valence-corrected chi connectivity index (χ1v) is 15.4. The predicted octanol–water partition coefficient (Wildman–Crippen LogP) is 9.72. The average Bonchev–Trinajstić information content (AvgIpc) is 3.11. The molecule has 3 heteroatoms. The first kappa shape index (κ1) is 29.6. The molecule has 0 heterocycles. The van der Waals surface area contributed by atoms with Crippen LogP contribution in [0.5, 0.6) is 0 Å². The van der Waals surface area contributed by atoms with E-state index in [-0.39, 0.29) is 0 Å². The van der Waals surface area contributed by atoms with Crippen LogP contribution in [0.3, 0.4) is 0 Å². The molecule has 0 unspecified atom stereocenters. The predicted molar refractivity (Wildman–Crippen MR) is 191 cm³/mol. The quantitative estimate of drug-likeness (QED) is 0.103. The van der Waals surface area contributed by atoms with Crippen LogP contribution < -0.4 is 0 Å². The van der Waals surface area contributed by atoms with E-state index in [2.05, 4.69) is 113 Å². The number of rotatable bonds is 5. The Kier molecular flexibility index (Phi) is 9.11. The lowest BCUT2D eigenvalue weighted by Crippen LogP contribution is -1.87. The molecule has 0 amide bonds. The van der Waals surface area contributed by atoms with Gasteiger partial charge in [0.1, 0.15) is 12.6 Å². The minimum atomic E-state index is 0.639. The Morgan fingerprint density at radius 1 is 0.356 bits per heavy atom. The molecule has 0 aliphatic carbocycles. The Morgan fingerprint density at radius 3 is 0.911 bits per heavy atom. The van der Waals surface area contributed by atoms with E-state index in [0.717, 1.165) is 68.2 Å². The van der Waals surface area contributed by atoms with E-state index in [4.69, 9.17) is 0 Å². The third kappa shape index (κ3) is 7.54. The van der Waals surface area contributed by atoms with Crippen molar-refractivity contribution in [3.63, 3.8) is 0 Å². The van der Waals surface area contributed by atoms with E-state index in [9.17, 15) is 9.59 Å². The van der Waals surface area contributed by atoms with Crippen molar-refractivity contribution in [3.05, 3.63) is 176 Å². The van der Waals surface area contributed by atoms with E-state index in [1.165, 1.54) is 3.57 Å². The van der Waals surface area contributed by atoms with Gasteiger partial charge in [-0.05, 0) is 135 Å². The summed E-state index contributed by atoms with van der Waals surface area (Å²) in [6.07, 6.45) is 1.66. The van der Waals surface area contributed by atoms with E-state index < -0.39 is 0 Å². The summed E-state index contributed by atoms with van der Waals surface area (Å²) in [4.78, 5) is 21.8. The monoisotopic (exact) mass is 688 g/mol. The molecular formula is C42H25IO2. The van der Waals surface area contributed by atoms with Crippen molar-refractivity contribution < 1.29 is 9.59 Å². The second-order valence-corrected chi connectivity index (χ2v) is 11.7. The molecule has 45 heavy (non-hydrogen) atoms. The molecule has 0 aliphatic heterocycles. The standard InChI is InChI=1S/C42H25IO2/c43-42-23-21-38(22-24-42)41-26-39(36-17-13-32(14-18-36)3-1-30-5-9-34(28-44)10-6-30)25-40(27-41)37-19-15-33(16-20-37)4-2-31-7-11-35(29-45)12-8-31/h5-29H. The molecule has 0 spiro atoms. The third-order valence-electron chi connectivity index (χ3n) is 7.34. The molecule has 2 nitrogen and oxygen atoms in total. The molecule has 0 bridgehead atoms. The zero-order valence-corrected chi connectivity index (χ0v) is 26.3. The molecule has 6 aromatic rings. The fourth-order valence-corrected chi connectivity index (χ4v) is 5.20.